The molecule has 1 aliphatic heterocycles. The second kappa shape index (κ2) is 48.8. The van der Waals surface area contributed by atoms with E-state index in [-0.39, 0.29) is 25.9 Å². The summed E-state index contributed by atoms with van der Waals surface area (Å²) >= 11 is 0. The SMILES string of the molecule is CC/C=C\C/C=C\C/C=C\C/C=C\CCCCCCC(=O)OCC(COC1OC(C(=O)O)C(O)C(O)C1OC(=O)CCCCCCCCCCC)OC(=O)CCCCCCCCC/C=C\C/C=C\C/C=C\CC. The number of ether oxygens (including phenoxy) is 5. The van der Waals surface area contributed by atoms with Crippen molar-refractivity contribution in [2.24, 2.45) is 0 Å². The Morgan fingerprint density at radius 3 is 1.32 bits per heavy atom. The largest absolute Gasteiger partial charge is 0.479 e. The van der Waals surface area contributed by atoms with Gasteiger partial charge in [-0.05, 0) is 89.9 Å². The van der Waals surface area contributed by atoms with E-state index in [1.807, 2.05) is 0 Å². The summed E-state index contributed by atoms with van der Waals surface area (Å²) in [5.41, 5.74) is 0. The van der Waals surface area contributed by atoms with E-state index in [1.54, 1.807) is 0 Å². The highest BCUT2D eigenvalue weighted by atomic mass is 16.7. The first kappa shape index (κ1) is 66.9. The van der Waals surface area contributed by atoms with E-state index in [1.165, 1.54) is 25.7 Å². The van der Waals surface area contributed by atoms with Gasteiger partial charge < -0.3 is 39.0 Å². The van der Waals surface area contributed by atoms with E-state index >= 15 is 0 Å². The van der Waals surface area contributed by atoms with Gasteiger partial charge in [-0.1, -0.05) is 202 Å². The summed E-state index contributed by atoms with van der Waals surface area (Å²) in [5.74, 6) is -3.17. The minimum Gasteiger partial charge on any atom is -0.479 e. The van der Waals surface area contributed by atoms with Gasteiger partial charge in [0, 0.05) is 19.3 Å². The third kappa shape index (κ3) is 39.0. The van der Waals surface area contributed by atoms with Gasteiger partial charge in [-0.3, -0.25) is 14.4 Å². The molecule has 0 aliphatic carbocycles. The molecule has 0 spiro atoms. The molecule has 0 radical (unpaired) electrons. The molecule has 0 aromatic rings. The van der Waals surface area contributed by atoms with E-state index in [9.17, 15) is 34.5 Å². The molecule has 3 N–H and O–H groups in total. The molecule has 416 valence electrons. The first-order valence-corrected chi connectivity index (χ1v) is 28.6. The van der Waals surface area contributed by atoms with Crippen molar-refractivity contribution in [3.63, 3.8) is 0 Å². The molecular formula is C61H100O12. The maximum atomic E-state index is 13.1. The maximum absolute atomic E-state index is 13.1. The summed E-state index contributed by atoms with van der Waals surface area (Å²) in [6.45, 7) is 5.70. The highest BCUT2D eigenvalue weighted by molar-refractivity contribution is 5.74. The van der Waals surface area contributed by atoms with Crippen LogP contribution in [0.25, 0.3) is 0 Å². The van der Waals surface area contributed by atoms with E-state index in [0.29, 0.717) is 19.3 Å². The Morgan fingerprint density at radius 1 is 0.466 bits per heavy atom. The summed E-state index contributed by atoms with van der Waals surface area (Å²) in [4.78, 5) is 51.0. The van der Waals surface area contributed by atoms with Crippen molar-refractivity contribution in [2.45, 2.75) is 263 Å². The van der Waals surface area contributed by atoms with Gasteiger partial charge in [0.1, 0.15) is 18.8 Å². The summed E-state index contributed by atoms with van der Waals surface area (Å²) < 4.78 is 28.3. The van der Waals surface area contributed by atoms with Gasteiger partial charge in [-0.2, -0.15) is 0 Å². The summed E-state index contributed by atoms with van der Waals surface area (Å²) in [7, 11) is 0. The standard InChI is InChI=1S/C61H100O12/c1-4-7-10-13-16-19-21-23-25-27-29-31-33-36-38-41-44-47-53(62)69-50-52(71-54(63)48-45-42-40-37-34-32-30-28-26-24-22-20-17-14-11-8-5-2)51-70-61-59(57(66)56(65)58(73-61)60(67)68)72-55(64)49-46-43-39-35-18-15-12-9-6-3/h7-8,10-11,16-17,19-20,23-26,29,31,52,56-59,61,65-66H,4-6,9,12-15,18,21-22,27-28,30,32-51H2,1-3H3,(H,67,68)/b10-7-,11-8-,19-16-,20-17-,25-23-,26-24-,31-29-. The Morgan fingerprint density at radius 2 is 0.863 bits per heavy atom. The summed E-state index contributed by atoms with van der Waals surface area (Å²) in [6, 6.07) is 0. The van der Waals surface area contributed by atoms with Gasteiger partial charge in [0.25, 0.3) is 0 Å². The molecule has 1 aliphatic rings. The van der Waals surface area contributed by atoms with Gasteiger partial charge in [0.05, 0.1) is 6.61 Å². The lowest BCUT2D eigenvalue weighted by Crippen LogP contribution is -2.61. The maximum Gasteiger partial charge on any atom is 0.335 e. The van der Waals surface area contributed by atoms with Crippen molar-refractivity contribution in [3.05, 3.63) is 85.1 Å². The smallest absolute Gasteiger partial charge is 0.335 e. The highest BCUT2D eigenvalue weighted by Crippen LogP contribution is 2.26. The van der Waals surface area contributed by atoms with Crippen molar-refractivity contribution >= 4 is 23.9 Å². The molecular weight excluding hydrogens is 925 g/mol. The van der Waals surface area contributed by atoms with E-state index in [0.717, 1.165) is 141 Å². The lowest BCUT2D eigenvalue weighted by molar-refractivity contribution is -0.301. The number of aliphatic hydroxyl groups is 2. The lowest BCUT2D eigenvalue weighted by Gasteiger charge is -2.40. The van der Waals surface area contributed by atoms with Crippen LogP contribution < -0.4 is 0 Å². The fourth-order valence-corrected chi connectivity index (χ4v) is 8.14. The topological polar surface area (TPSA) is 175 Å². The monoisotopic (exact) mass is 1020 g/mol. The second-order valence-corrected chi connectivity index (χ2v) is 19.2. The number of carbonyl (C=O) groups excluding carboxylic acids is 3. The van der Waals surface area contributed by atoms with Crippen LogP contribution >= 0.6 is 0 Å². The molecule has 1 saturated heterocycles. The lowest BCUT2D eigenvalue weighted by atomic mass is 9.98. The molecule has 0 saturated carbocycles. The zero-order valence-corrected chi connectivity index (χ0v) is 45.6. The number of esters is 3. The Balaban J connectivity index is 2.71. The van der Waals surface area contributed by atoms with Crippen molar-refractivity contribution in [1.29, 1.82) is 0 Å². The molecule has 0 aromatic carbocycles. The molecule has 1 fully saturated rings. The number of hydrogen-bond acceptors (Lipinski definition) is 11. The molecule has 73 heavy (non-hydrogen) atoms. The van der Waals surface area contributed by atoms with Gasteiger partial charge in [0.2, 0.25) is 0 Å². The number of carboxylic acid groups (broad SMARTS) is 1. The van der Waals surface area contributed by atoms with Crippen molar-refractivity contribution < 1.29 is 58.2 Å². The Bertz CT molecular complexity index is 1590. The average molecular weight is 1030 g/mol. The summed E-state index contributed by atoms with van der Waals surface area (Å²) in [5, 5.41) is 31.4. The predicted molar refractivity (Wildman–Crippen MR) is 294 cm³/mol. The number of allylic oxidation sites excluding steroid dienone is 14. The van der Waals surface area contributed by atoms with E-state index in [4.69, 9.17) is 23.7 Å². The van der Waals surface area contributed by atoms with Crippen molar-refractivity contribution in [1.82, 2.24) is 0 Å². The minimum atomic E-state index is -1.91. The third-order valence-corrected chi connectivity index (χ3v) is 12.5. The fourth-order valence-electron chi connectivity index (χ4n) is 8.14. The molecule has 12 heteroatoms. The Labute approximate surface area is 441 Å². The first-order valence-electron chi connectivity index (χ1n) is 28.6. The fraction of sp³-hybridized carbons (Fsp3) is 0.705. The number of aliphatic carboxylic acids is 1. The van der Waals surface area contributed by atoms with Crippen LogP contribution in [0.4, 0.5) is 0 Å². The van der Waals surface area contributed by atoms with Crippen LogP contribution in [0.15, 0.2) is 85.1 Å². The van der Waals surface area contributed by atoms with Crippen LogP contribution in [0.5, 0.6) is 0 Å². The van der Waals surface area contributed by atoms with Crippen molar-refractivity contribution in [3.8, 4) is 0 Å². The number of unbranched alkanes of at least 4 members (excludes halogenated alkanes) is 19. The highest BCUT2D eigenvalue weighted by Gasteiger charge is 2.50. The van der Waals surface area contributed by atoms with E-state index < -0.39 is 67.3 Å². The van der Waals surface area contributed by atoms with Gasteiger partial charge in [-0.25, -0.2) is 4.79 Å². The molecule has 6 atom stereocenters. The zero-order chi connectivity index (χ0) is 53.3. The van der Waals surface area contributed by atoms with Crippen LogP contribution in [-0.2, 0) is 42.9 Å². The molecule has 0 bridgehead atoms. The third-order valence-electron chi connectivity index (χ3n) is 12.5. The second-order valence-electron chi connectivity index (χ2n) is 19.2. The van der Waals surface area contributed by atoms with Gasteiger partial charge >= 0.3 is 23.9 Å². The molecule has 0 amide bonds. The number of hydrogen-bond donors (Lipinski definition) is 3. The summed E-state index contributed by atoms with van der Waals surface area (Å²) in [6.07, 6.45) is 50.0. The average Bonchev–Trinajstić information content (AvgIpc) is 3.37. The van der Waals surface area contributed by atoms with Gasteiger partial charge in [-0.15, -0.1) is 0 Å². The number of carbonyl (C=O) groups is 4. The number of aliphatic hydroxyl groups excluding tert-OH is 2. The van der Waals surface area contributed by atoms with Crippen LogP contribution in [0.2, 0.25) is 0 Å². The number of rotatable bonds is 47. The Hall–Kier alpha value is -4.10. The normalized spacial score (nSPS) is 18.9. The van der Waals surface area contributed by atoms with Crippen LogP contribution in [0, 0.1) is 0 Å². The molecule has 0 aromatic heterocycles. The molecule has 12 nitrogen and oxygen atoms in total. The Kier molecular flexibility index (Phi) is 44.7. The molecule has 1 rings (SSSR count). The predicted octanol–water partition coefficient (Wildman–Crippen LogP) is 14.3. The zero-order valence-electron chi connectivity index (χ0n) is 45.6. The first-order chi connectivity index (χ1) is 35.6. The van der Waals surface area contributed by atoms with Gasteiger partial charge in [0.15, 0.2) is 24.6 Å². The van der Waals surface area contributed by atoms with Crippen LogP contribution in [0.1, 0.15) is 226 Å². The van der Waals surface area contributed by atoms with Crippen LogP contribution in [-0.4, -0.2) is 89.2 Å². The molecule has 1 heterocycles. The quantitative estimate of drug-likeness (QED) is 0.0228. The van der Waals surface area contributed by atoms with Crippen molar-refractivity contribution in [2.75, 3.05) is 13.2 Å². The van der Waals surface area contributed by atoms with E-state index in [2.05, 4.69) is 106 Å². The molecule has 6 unspecified atom stereocenters. The minimum absolute atomic E-state index is 0.0550. The van der Waals surface area contributed by atoms with Crippen LogP contribution in [0.3, 0.4) is 0 Å². The number of carboxylic acids is 1.